The van der Waals surface area contributed by atoms with Crippen molar-refractivity contribution in [3.05, 3.63) is 24.3 Å². The maximum atomic E-state index is 12.7. The first-order chi connectivity index (χ1) is 10.7. The van der Waals surface area contributed by atoms with Crippen molar-refractivity contribution in [1.29, 1.82) is 0 Å². The van der Waals surface area contributed by atoms with Crippen LogP contribution in [0.1, 0.15) is 32.1 Å². The molecule has 2 amide bonds. The number of carbonyl (C=O) groups excluding carboxylic acids is 2. The topological polar surface area (TPSA) is 58.6 Å². The number of benzene rings is 1. The van der Waals surface area contributed by atoms with Crippen LogP contribution in [0.25, 0.3) is 0 Å². The Balaban J connectivity index is 1.72. The lowest BCUT2D eigenvalue weighted by Crippen LogP contribution is -2.45. The van der Waals surface area contributed by atoms with E-state index in [1.807, 2.05) is 17.0 Å². The number of amides is 2. The van der Waals surface area contributed by atoms with Gasteiger partial charge in [0.1, 0.15) is 11.2 Å². The molecule has 0 radical (unpaired) electrons. The van der Waals surface area contributed by atoms with Gasteiger partial charge < -0.3 is 15.0 Å². The second-order valence-electron chi connectivity index (χ2n) is 6.09. The van der Waals surface area contributed by atoms with Crippen molar-refractivity contribution in [2.45, 2.75) is 32.1 Å². The van der Waals surface area contributed by atoms with Gasteiger partial charge in [0, 0.05) is 13.1 Å². The van der Waals surface area contributed by atoms with Crippen molar-refractivity contribution >= 4 is 17.5 Å². The number of anilines is 1. The van der Waals surface area contributed by atoms with Crippen molar-refractivity contribution < 1.29 is 14.3 Å². The lowest BCUT2D eigenvalue weighted by molar-refractivity contribution is -0.143. The number of piperidine rings is 1. The van der Waals surface area contributed by atoms with Crippen LogP contribution in [0.4, 0.5) is 5.69 Å². The van der Waals surface area contributed by atoms with E-state index < -0.39 is 5.41 Å². The summed E-state index contributed by atoms with van der Waals surface area (Å²) in [5.74, 6) is 0.407. The molecule has 2 aliphatic rings. The molecule has 0 bridgehead atoms. The quantitative estimate of drug-likeness (QED) is 0.869. The largest absolute Gasteiger partial charge is 0.495 e. The minimum absolute atomic E-state index is 0.000372. The Morgan fingerprint density at radius 1 is 1.14 bits per heavy atom. The van der Waals surface area contributed by atoms with E-state index in [4.69, 9.17) is 4.74 Å². The minimum atomic E-state index is -0.849. The maximum Gasteiger partial charge on any atom is 0.240 e. The zero-order valence-electron chi connectivity index (χ0n) is 12.9. The van der Waals surface area contributed by atoms with E-state index in [-0.39, 0.29) is 11.8 Å². The molecule has 1 N–H and O–H groups in total. The van der Waals surface area contributed by atoms with Gasteiger partial charge in [-0.25, -0.2) is 0 Å². The van der Waals surface area contributed by atoms with Gasteiger partial charge in [0.15, 0.2) is 0 Å². The molecule has 5 nitrogen and oxygen atoms in total. The highest BCUT2D eigenvalue weighted by Gasteiger charge is 2.58. The molecule has 1 saturated carbocycles. The van der Waals surface area contributed by atoms with Gasteiger partial charge >= 0.3 is 0 Å². The zero-order chi connectivity index (χ0) is 15.6. The lowest BCUT2D eigenvalue weighted by atomic mass is 10.0. The average Bonchev–Trinajstić information content (AvgIpc) is 3.37. The number of nitrogens with one attached hydrogen (secondary N) is 1. The summed E-state index contributed by atoms with van der Waals surface area (Å²) in [5.41, 5.74) is -0.231. The molecule has 1 aliphatic heterocycles. The molecule has 0 aromatic heterocycles. The van der Waals surface area contributed by atoms with E-state index in [9.17, 15) is 9.59 Å². The van der Waals surface area contributed by atoms with Gasteiger partial charge in [-0.3, -0.25) is 9.59 Å². The van der Waals surface area contributed by atoms with Crippen LogP contribution in [-0.4, -0.2) is 36.9 Å². The Hall–Kier alpha value is -2.04. The van der Waals surface area contributed by atoms with E-state index in [0.717, 1.165) is 25.9 Å². The normalized spacial score (nSPS) is 19.4. The first-order valence-electron chi connectivity index (χ1n) is 7.91. The second kappa shape index (κ2) is 5.99. The van der Waals surface area contributed by atoms with Crippen LogP contribution in [0.2, 0.25) is 0 Å². The van der Waals surface area contributed by atoms with E-state index in [0.29, 0.717) is 24.3 Å². The predicted molar refractivity (Wildman–Crippen MR) is 83.7 cm³/mol. The smallest absolute Gasteiger partial charge is 0.240 e. The monoisotopic (exact) mass is 302 g/mol. The van der Waals surface area contributed by atoms with Gasteiger partial charge in [-0.1, -0.05) is 12.1 Å². The molecule has 0 atom stereocenters. The zero-order valence-corrected chi connectivity index (χ0v) is 12.9. The number of likely N-dealkylation sites (tertiary alicyclic amines) is 1. The Morgan fingerprint density at radius 3 is 2.45 bits per heavy atom. The Morgan fingerprint density at radius 2 is 1.82 bits per heavy atom. The molecule has 22 heavy (non-hydrogen) atoms. The summed E-state index contributed by atoms with van der Waals surface area (Å²) in [6.07, 6.45) is 4.53. The molecular formula is C17H22N2O3. The Kier molecular flexibility index (Phi) is 4.05. The molecule has 1 aromatic carbocycles. The molecule has 1 aliphatic carbocycles. The summed E-state index contributed by atoms with van der Waals surface area (Å²) in [7, 11) is 1.57. The Bertz CT molecular complexity index is 575. The Labute approximate surface area is 130 Å². The fourth-order valence-electron chi connectivity index (χ4n) is 3.05. The highest BCUT2D eigenvalue weighted by Crippen LogP contribution is 2.48. The number of hydrogen-bond donors (Lipinski definition) is 1. The van der Waals surface area contributed by atoms with Gasteiger partial charge in [0.05, 0.1) is 12.8 Å². The first-order valence-corrected chi connectivity index (χ1v) is 7.91. The van der Waals surface area contributed by atoms with Crippen LogP contribution in [0.5, 0.6) is 5.75 Å². The standard InChI is InChI=1S/C17H22N2O3/c1-22-14-8-4-3-7-13(14)18-15(20)17(9-10-17)16(21)19-11-5-2-6-12-19/h3-4,7-8H,2,5-6,9-12H2,1H3,(H,18,20). The van der Waals surface area contributed by atoms with Crippen molar-refractivity contribution in [2.24, 2.45) is 5.41 Å². The lowest BCUT2D eigenvalue weighted by Gasteiger charge is -2.30. The highest BCUT2D eigenvalue weighted by atomic mass is 16.5. The molecule has 118 valence electrons. The minimum Gasteiger partial charge on any atom is -0.495 e. The summed E-state index contributed by atoms with van der Waals surface area (Å²) < 4.78 is 5.25. The third-order valence-corrected chi connectivity index (χ3v) is 4.59. The maximum absolute atomic E-state index is 12.7. The van der Waals surface area contributed by atoms with Gasteiger partial charge in [0.25, 0.3) is 0 Å². The van der Waals surface area contributed by atoms with E-state index >= 15 is 0 Å². The van der Waals surface area contributed by atoms with Gasteiger partial charge in [-0.05, 0) is 44.2 Å². The second-order valence-corrected chi connectivity index (χ2v) is 6.09. The summed E-state index contributed by atoms with van der Waals surface area (Å²) in [5, 5.41) is 2.87. The van der Waals surface area contributed by atoms with Gasteiger partial charge in [-0.15, -0.1) is 0 Å². The van der Waals surface area contributed by atoms with Crippen molar-refractivity contribution in [3.8, 4) is 5.75 Å². The number of para-hydroxylation sites is 2. The number of ether oxygens (including phenoxy) is 1. The van der Waals surface area contributed by atoms with Crippen LogP contribution in [-0.2, 0) is 9.59 Å². The van der Waals surface area contributed by atoms with Crippen LogP contribution in [0, 0.1) is 5.41 Å². The van der Waals surface area contributed by atoms with Gasteiger partial charge in [-0.2, -0.15) is 0 Å². The summed E-state index contributed by atoms with van der Waals surface area (Å²) in [6.45, 7) is 1.56. The third-order valence-electron chi connectivity index (χ3n) is 4.59. The predicted octanol–water partition coefficient (Wildman–Crippen LogP) is 2.43. The van der Waals surface area contributed by atoms with Crippen molar-refractivity contribution in [3.63, 3.8) is 0 Å². The highest BCUT2D eigenvalue weighted by molar-refractivity contribution is 6.13. The molecule has 2 fully saturated rings. The van der Waals surface area contributed by atoms with Crippen molar-refractivity contribution in [2.75, 3.05) is 25.5 Å². The van der Waals surface area contributed by atoms with E-state index in [2.05, 4.69) is 5.32 Å². The molecule has 0 unspecified atom stereocenters. The molecule has 5 heteroatoms. The third kappa shape index (κ3) is 2.67. The number of hydrogen-bond acceptors (Lipinski definition) is 3. The number of carbonyl (C=O) groups is 2. The summed E-state index contributed by atoms with van der Waals surface area (Å²) in [6, 6.07) is 7.27. The average molecular weight is 302 g/mol. The summed E-state index contributed by atoms with van der Waals surface area (Å²) in [4.78, 5) is 27.2. The SMILES string of the molecule is COc1ccccc1NC(=O)C1(C(=O)N2CCCCC2)CC1. The van der Waals surface area contributed by atoms with E-state index in [1.165, 1.54) is 6.42 Å². The van der Waals surface area contributed by atoms with Gasteiger partial charge in [0.2, 0.25) is 11.8 Å². The van der Waals surface area contributed by atoms with Crippen molar-refractivity contribution in [1.82, 2.24) is 4.90 Å². The molecular weight excluding hydrogens is 280 g/mol. The first kappa shape index (κ1) is 14.9. The molecule has 3 rings (SSSR count). The molecule has 1 saturated heterocycles. The van der Waals surface area contributed by atoms with Crippen LogP contribution in [0.3, 0.4) is 0 Å². The van der Waals surface area contributed by atoms with Crippen LogP contribution < -0.4 is 10.1 Å². The molecule has 1 heterocycles. The van der Waals surface area contributed by atoms with Crippen LogP contribution in [0.15, 0.2) is 24.3 Å². The summed E-state index contributed by atoms with van der Waals surface area (Å²) >= 11 is 0. The number of nitrogens with zero attached hydrogens (tertiary/aromatic N) is 1. The molecule has 0 spiro atoms. The van der Waals surface area contributed by atoms with E-state index in [1.54, 1.807) is 19.2 Å². The number of methoxy groups -OCH3 is 1. The fraction of sp³-hybridized carbons (Fsp3) is 0.529. The molecule has 1 aromatic rings. The number of rotatable bonds is 4. The fourth-order valence-corrected chi connectivity index (χ4v) is 3.05. The van der Waals surface area contributed by atoms with Crippen LogP contribution >= 0.6 is 0 Å².